The summed E-state index contributed by atoms with van der Waals surface area (Å²) in [6, 6.07) is 0. The van der Waals surface area contributed by atoms with E-state index in [1.54, 1.807) is 0 Å². The molecule has 0 spiro atoms. The SMILES string of the molecule is CC(C)BBC(C)C. The van der Waals surface area contributed by atoms with Crippen LogP contribution in [0.25, 0.3) is 0 Å². The lowest BCUT2D eigenvalue weighted by Gasteiger charge is -2.01. The van der Waals surface area contributed by atoms with Crippen LogP contribution in [0.2, 0.25) is 11.6 Å². The summed E-state index contributed by atoms with van der Waals surface area (Å²) in [5, 5.41) is 0. The standard InChI is InChI=1S/C6H16B2/c1-5(2)7-8-6(3)4/h5-8H,1-4H3. The Balaban J connectivity index is 2.93. The Kier molecular flexibility index (Phi) is 4.12. The van der Waals surface area contributed by atoms with E-state index < -0.39 is 0 Å². The van der Waals surface area contributed by atoms with E-state index in [4.69, 9.17) is 0 Å². The molecule has 0 amide bonds. The van der Waals surface area contributed by atoms with E-state index in [-0.39, 0.29) is 0 Å². The lowest BCUT2D eigenvalue weighted by molar-refractivity contribution is 1.05. The van der Waals surface area contributed by atoms with Crippen LogP contribution in [0.15, 0.2) is 0 Å². The average Bonchev–Trinajstić information content (AvgIpc) is 1.61. The maximum atomic E-state index is 2.28. The molecule has 46 valence electrons. The van der Waals surface area contributed by atoms with Crippen molar-refractivity contribution < 1.29 is 0 Å². The highest BCUT2D eigenvalue weighted by molar-refractivity contribution is 7.01. The first-order chi connectivity index (χ1) is 3.63. The van der Waals surface area contributed by atoms with Gasteiger partial charge in [-0.15, -0.1) is 0 Å². The largest absolute Gasteiger partial charge is 0.0901 e. The topological polar surface area (TPSA) is 0 Å². The van der Waals surface area contributed by atoms with Gasteiger partial charge < -0.3 is 0 Å². The molecule has 0 rings (SSSR count). The summed E-state index contributed by atoms with van der Waals surface area (Å²) in [4.78, 5) is 0. The molecule has 0 heterocycles. The molecule has 0 aliphatic heterocycles. The molecule has 0 saturated heterocycles. The van der Waals surface area contributed by atoms with Crippen molar-refractivity contribution in [1.82, 2.24) is 0 Å². The maximum absolute atomic E-state index is 2.28. The molecule has 8 heavy (non-hydrogen) atoms. The van der Waals surface area contributed by atoms with E-state index >= 15 is 0 Å². The lowest BCUT2D eigenvalue weighted by Crippen LogP contribution is -2.09. The Morgan fingerprint density at radius 2 is 1.00 bits per heavy atom. The predicted molar refractivity (Wildman–Crippen MR) is 44.5 cm³/mol. The number of hydrogen-bond donors (Lipinski definition) is 0. The average molecular weight is 110 g/mol. The zero-order valence-electron chi connectivity index (χ0n) is 6.57. The van der Waals surface area contributed by atoms with Crippen LogP contribution >= 0.6 is 0 Å². The Bertz CT molecular complexity index is 42.5. The van der Waals surface area contributed by atoms with Gasteiger partial charge in [-0.1, -0.05) is 39.3 Å². The summed E-state index contributed by atoms with van der Waals surface area (Å²) in [7, 11) is 2.77. The molecule has 0 nitrogen and oxygen atoms in total. The minimum absolute atomic E-state index is 0.886. The third-order valence-electron chi connectivity index (χ3n) is 1.32. The summed E-state index contributed by atoms with van der Waals surface area (Å²) >= 11 is 0. The fraction of sp³-hybridized carbons (Fsp3) is 1.00. The van der Waals surface area contributed by atoms with Gasteiger partial charge in [0.05, 0.1) is 14.3 Å². The quantitative estimate of drug-likeness (QED) is 0.482. The molecule has 0 fully saturated rings. The smallest absolute Gasteiger partial charge is 0.0788 e. The molecule has 0 bridgehead atoms. The van der Waals surface area contributed by atoms with Crippen molar-refractivity contribution in [2.24, 2.45) is 0 Å². The first-order valence-electron chi connectivity index (χ1n) is 3.63. The van der Waals surface area contributed by atoms with Gasteiger partial charge in [0.15, 0.2) is 0 Å². The van der Waals surface area contributed by atoms with Gasteiger partial charge in [0.25, 0.3) is 0 Å². The molecule has 0 saturated carbocycles. The molecule has 0 aliphatic rings. The second-order valence-electron chi connectivity index (χ2n) is 3.37. The number of hydrogen-bond acceptors (Lipinski definition) is 0. The van der Waals surface area contributed by atoms with Crippen molar-refractivity contribution >= 4 is 14.3 Å². The summed E-state index contributed by atoms with van der Waals surface area (Å²) < 4.78 is 0. The van der Waals surface area contributed by atoms with E-state index in [0.29, 0.717) is 0 Å². The highest BCUT2D eigenvalue weighted by Crippen LogP contribution is 2.01. The van der Waals surface area contributed by atoms with Crippen molar-refractivity contribution in [3.63, 3.8) is 0 Å². The van der Waals surface area contributed by atoms with Crippen LogP contribution in [-0.4, -0.2) is 14.3 Å². The molecule has 0 N–H and O–H groups in total. The molecule has 0 aromatic heterocycles. The molecular weight excluding hydrogens is 93.7 g/mol. The van der Waals surface area contributed by atoms with Crippen LogP contribution in [0.1, 0.15) is 27.7 Å². The van der Waals surface area contributed by atoms with Gasteiger partial charge in [0.1, 0.15) is 0 Å². The predicted octanol–water partition coefficient (Wildman–Crippen LogP) is 1.43. The van der Waals surface area contributed by atoms with Crippen LogP contribution in [0.4, 0.5) is 0 Å². The van der Waals surface area contributed by atoms with Crippen LogP contribution in [0.5, 0.6) is 0 Å². The summed E-state index contributed by atoms with van der Waals surface area (Å²) in [5.74, 6) is 1.77. The lowest BCUT2D eigenvalue weighted by atomic mass is 9.30. The fourth-order valence-electron chi connectivity index (χ4n) is 0.667. The first kappa shape index (κ1) is 8.13. The van der Waals surface area contributed by atoms with Gasteiger partial charge in [-0.05, 0) is 0 Å². The molecule has 0 aliphatic carbocycles. The highest BCUT2D eigenvalue weighted by Gasteiger charge is 2.00. The van der Waals surface area contributed by atoms with Gasteiger partial charge in [-0.25, -0.2) is 0 Å². The van der Waals surface area contributed by atoms with E-state index in [0.717, 1.165) is 11.6 Å². The molecule has 2 heteroatoms. The maximum Gasteiger partial charge on any atom is 0.0901 e. The molecule has 0 aromatic rings. The van der Waals surface area contributed by atoms with E-state index in [1.165, 1.54) is 14.3 Å². The first-order valence-corrected chi connectivity index (χ1v) is 3.63. The van der Waals surface area contributed by atoms with Crippen molar-refractivity contribution in [3.05, 3.63) is 0 Å². The second-order valence-corrected chi connectivity index (χ2v) is 3.37. The Hall–Kier alpha value is 0.130. The fourth-order valence-corrected chi connectivity index (χ4v) is 0.667. The Morgan fingerprint density at radius 3 is 1.12 bits per heavy atom. The van der Waals surface area contributed by atoms with Crippen LogP contribution in [0, 0.1) is 0 Å². The van der Waals surface area contributed by atoms with Crippen LogP contribution in [-0.2, 0) is 0 Å². The molecule has 0 atom stereocenters. The van der Waals surface area contributed by atoms with Gasteiger partial charge in [-0.3, -0.25) is 0 Å². The van der Waals surface area contributed by atoms with Crippen molar-refractivity contribution in [1.29, 1.82) is 0 Å². The molecular formula is C6H16B2. The summed E-state index contributed by atoms with van der Waals surface area (Å²) in [6.45, 7) is 9.12. The highest BCUT2D eigenvalue weighted by atomic mass is 13.7. The zero-order valence-corrected chi connectivity index (χ0v) is 6.57. The van der Waals surface area contributed by atoms with Gasteiger partial charge in [0, 0.05) is 0 Å². The zero-order chi connectivity index (χ0) is 6.57. The summed E-state index contributed by atoms with van der Waals surface area (Å²) in [6.07, 6.45) is 0. The van der Waals surface area contributed by atoms with Crippen molar-refractivity contribution in [2.45, 2.75) is 39.3 Å². The normalized spacial score (nSPS) is 10.2. The third kappa shape index (κ3) is 6.13. The summed E-state index contributed by atoms with van der Waals surface area (Å²) in [5.41, 5.74) is 0. The van der Waals surface area contributed by atoms with Crippen LogP contribution < -0.4 is 0 Å². The minimum atomic E-state index is 0.886. The minimum Gasteiger partial charge on any atom is -0.0788 e. The Morgan fingerprint density at radius 1 is 0.750 bits per heavy atom. The Labute approximate surface area is 54.5 Å². The molecule has 0 radical (unpaired) electrons. The van der Waals surface area contributed by atoms with E-state index in [1.807, 2.05) is 0 Å². The third-order valence-corrected chi connectivity index (χ3v) is 1.32. The van der Waals surface area contributed by atoms with E-state index in [9.17, 15) is 0 Å². The van der Waals surface area contributed by atoms with Gasteiger partial charge >= 0.3 is 0 Å². The van der Waals surface area contributed by atoms with Gasteiger partial charge in [-0.2, -0.15) is 0 Å². The van der Waals surface area contributed by atoms with E-state index in [2.05, 4.69) is 27.7 Å². The number of rotatable bonds is 3. The van der Waals surface area contributed by atoms with Crippen molar-refractivity contribution in [2.75, 3.05) is 0 Å². The van der Waals surface area contributed by atoms with Crippen molar-refractivity contribution in [3.8, 4) is 0 Å². The second kappa shape index (κ2) is 4.05. The monoisotopic (exact) mass is 110 g/mol. The van der Waals surface area contributed by atoms with Crippen LogP contribution in [0.3, 0.4) is 0 Å². The molecule has 0 aromatic carbocycles. The van der Waals surface area contributed by atoms with Gasteiger partial charge in [0.2, 0.25) is 0 Å². The molecule has 0 unspecified atom stereocenters.